The second-order valence-electron chi connectivity index (χ2n) is 3.96. The van der Waals surface area contributed by atoms with E-state index < -0.39 is 15.4 Å². The van der Waals surface area contributed by atoms with Crippen molar-refractivity contribution in [2.24, 2.45) is 0 Å². The highest BCUT2D eigenvalue weighted by Gasteiger charge is 2.37. The Kier molecular flexibility index (Phi) is 6.48. The molecule has 0 unspecified atom stereocenters. The molecular weight excluding hydrogens is 168 g/mol. The summed E-state index contributed by atoms with van der Waals surface area (Å²) in [6.07, 6.45) is 0. The molecule has 0 saturated heterocycles. The van der Waals surface area contributed by atoms with Gasteiger partial charge in [-0.2, -0.15) is 0 Å². The van der Waals surface area contributed by atoms with E-state index in [1.54, 1.807) is 0 Å². The Bertz CT molecular complexity index is 94.8. The minimum atomic E-state index is -1.24. The van der Waals surface area contributed by atoms with E-state index in [9.17, 15) is 0 Å². The van der Waals surface area contributed by atoms with Crippen molar-refractivity contribution in [3.05, 3.63) is 0 Å². The van der Waals surface area contributed by atoms with E-state index in [-0.39, 0.29) is 0 Å². The molecule has 0 radical (unpaired) electrons. The van der Waals surface area contributed by atoms with Gasteiger partial charge in [0.15, 0.2) is 7.83 Å². The highest BCUT2D eigenvalue weighted by Crippen LogP contribution is 2.18. The van der Waals surface area contributed by atoms with Crippen molar-refractivity contribution in [2.45, 2.75) is 46.6 Å². The van der Waals surface area contributed by atoms with Crippen LogP contribution in [0.3, 0.4) is 0 Å². The standard InChI is InChI=1S/C6H18OSi2.C2H6/c1-7-9(5,6)8(2,3)4;1-2/h1-6H3;1-2H3. The summed E-state index contributed by atoms with van der Waals surface area (Å²) in [5, 5.41) is 0. The molecule has 0 amide bonds. The average Bonchev–Trinajstić information content (AvgIpc) is 1.90. The topological polar surface area (TPSA) is 9.23 Å². The van der Waals surface area contributed by atoms with Gasteiger partial charge >= 0.3 is 0 Å². The Balaban J connectivity index is 0. The van der Waals surface area contributed by atoms with Crippen molar-refractivity contribution in [2.75, 3.05) is 7.11 Å². The Hall–Kier alpha value is 0.394. The van der Waals surface area contributed by atoms with Crippen LogP contribution in [0.1, 0.15) is 13.8 Å². The second kappa shape index (κ2) is 5.11. The maximum atomic E-state index is 5.50. The summed E-state index contributed by atoms with van der Waals surface area (Å²) in [6, 6.07) is 0. The maximum Gasteiger partial charge on any atom is 0.173 e. The van der Waals surface area contributed by atoms with Crippen molar-refractivity contribution < 1.29 is 4.43 Å². The largest absolute Gasteiger partial charge is 0.423 e. The SMILES string of the molecule is CC.CO[Si](C)(C)[Si](C)(C)C. The van der Waals surface area contributed by atoms with Gasteiger partial charge in [0.05, 0.1) is 7.59 Å². The van der Waals surface area contributed by atoms with Crippen LogP contribution in [0.15, 0.2) is 0 Å². The molecule has 0 atom stereocenters. The van der Waals surface area contributed by atoms with Crippen LogP contribution in [-0.2, 0) is 4.43 Å². The molecular formula is C8H24OSi2. The van der Waals surface area contributed by atoms with E-state index in [4.69, 9.17) is 4.43 Å². The summed E-state index contributed by atoms with van der Waals surface area (Å²) in [6.45, 7) is 15.7. The van der Waals surface area contributed by atoms with Crippen molar-refractivity contribution in [3.8, 4) is 0 Å². The molecule has 11 heavy (non-hydrogen) atoms. The molecule has 0 rings (SSSR count). The molecule has 0 aliphatic rings. The molecule has 3 heteroatoms. The molecule has 1 nitrogen and oxygen atoms in total. The summed E-state index contributed by atoms with van der Waals surface area (Å²) >= 11 is 0. The Morgan fingerprint density at radius 2 is 1.09 bits per heavy atom. The average molecular weight is 192 g/mol. The Labute approximate surface area is 74.1 Å². The predicted molar refractivity (Wildman–Crippen MR) is 59.2 cm³/mol. The third-order valence-electron chi connectivity index (χ3n) is 2.32. The molecule has 0 aromatic carbocycles. The lowest BCUT2D eigenvalue weighted by atomic mass is 11.0. The summed E-state index contributed by atoms with van der Waals surface area (Å²) in [5.74, 6) is 0. The van der Waals surface area contributed by atoms with Crippen LogP contribution in [0.2, 0.25) is 32.7 Å². The minimum Gasteiger partial charge on any atom is -0.423 e. The van der Waals surface area contributed by atoms with Crippen LogP contribution in [-0.4, -0.2) is 22.5 Å². The normalized spacial score (nSPS) is 12.0. The first kappa shape index (κ1) is 13.9. The van der Waals surface area contributed by atoms with Crippen molar-refractivity contribution in [3.63, 3.8) is 0 Å². The maximum absolute atomic E-state index is 5.50. The van der Waals surface area contributed by atoms with Crippen molar-refractivity contribution in [1.82, 2.24) is 0 Å². The smallest absolute Gasteiger partial charge is 0.173 e. The fourth-order valence-electron chi connectivity index (χ4n) is 0.306. The lowest BCUT2D eigenvalue weighted by Gasteiger charge is -2.32. The zero-order valence-corrected chi connectivity index (χ0v) is 11.4. The fraction of sp³-hybridized carbons (Fsp3) is 1.00. The van der Waals surface area contributed by atoms with E-state index >= 15 is 0 Å². The highest BCUT2D eigenvalue weighted by molar-refractivity contribution is 7.37. The first-order valence-electron chi connectivity index (χ1n) is 4.36. The number of hydrogen-bond donors (Lipinski definition) is 0. The third-order valence-corrected chi connectivity index (χ3v) is 18.4. The van der Waals surface area contributed by atoms with Gasteiger partial charge in [0, 0.05) is 7.11 Å². The molecule has 0 aliphatic heterocycles. The number of rotatable bonds is 2. The van der Waals surface area contributed by atoms with Crippen molar-refractivity contribution in [1.29, 1.82) is 0 Å². The lowest BCUT2D eigenvalue weighted by molar-refractivity contribution is 0.419. The molecule has 0 aliphatic carbocycles. The molecule has 0 N–H and O–H groups in total. The van der Waals surface area contributed by atoms with Gasteiger partial charge in [-0.15, -0.1) is 0 Å². The second-order valence-corrected chi connectivity index (χ2v) is 20.0. The fourth-order valence-corrected chi connectivity index (χ4v) is 2.76. The molecule has 0 heterocycles. The minimum absolute atomic E-state index is 0.968. The summed E-state index contributed by atoms with van der Waals surface area (Å²) in [7, 11) is -0.356. The van der Waals surface area contributed by atoms with Crippen LogP contribution < -0.4 is 0 Å². The highest BCUT2D eigenvalue weighted by atomic mass is 29.3. The van der Waals surface area contributed by atoms with Crippen LogP contribution in [0.25, 0.3) is 0 Å². The summed E-state index contributed by atoms with van der Waals surface area (Å²) in [5.41, 5.74) is 0. The van der Waals surface area contributed by atoms with E-state index in [0.717, 1.165) is 0 Å². The van der Waals surface area contributed by atoms with Gasteiger partial charge in [-0.25, -0.2) is 0 Å². The van der Waals surface area contributed by atoms with Gasteiger partial charge in [-0.05, 0) is 13.1 Å². The predicted octanol–water partition coefficient (Wildman–Crippen LogP) is 3.28. The molecule has 70 valence electrons. The molecule has 0 aromatic rings. The molecule has 0 saturated carbocycles. The zero-order chi connectivity index (χ0) is 9.71. The third kappa shape index (κ3) is 4.77. The van der Waals surface area contributed by atoms with E-state index in [2.05, 4.69) is 32.7 Å². The van der Waals surface area contributed by atoms with Gasteiger partial charge in [-0.3, -0.25) is 0 Å². The van der Waals surface area contributed by atoms with Crippen LogP contribution in [0.5, 0.6) is 0 Å². The van der Waals surface area contributed by atoms with E-state index in [1.165, 1.54) is 0 Å². The summed E-state index contributed by atoms with van der Waals surface area (Å²) in [4.78, 5) is 0. The molecule has 0 spiro atoms. The van der Waals surface area contributed by atoms with E-state index in [0.29, 0.717) is 0 Å². The molecule has 0 fully saturated rings. The summed E-state index contributed by atoms with van der Waals surface area (Å²) < 4.78 is 5.50. The van der Waals surface area contributed by atoms with Crippen LogP contribution >= 0.6 is 0 Å². The monoisotopic (exact) mass is 192 g/mol. The van der Waals surface area contributed by atoms with Crippen LogP contribution in [0.4, 0.5) is 0 Å². The van der Waals surface area contributed by atoms with Gasteiger partial charge < -0.3 is 4.43 Å². The quantitative estimate of drug-likeness (QED) is 0.610. The Morgan fingerprint density at radius 1 is 0.818 bits per heavy atom. The van der Waals surface area contributed by atoms with E-state index in [1.807, 2.05) is 21.0 Å². The van der Waals surface area contributed by atoms with Crippen molar-refractivity contribution >= 4 is 15.4 Å². The van der Waals surface area contributed by atoms with Gasteiger partial charge in [0.25, 0.3) is 0 Å². The van der Waals surface area contributed by atoms with Gasteiger partial charge in [-0.1, -0.05) is 33.5 Å². The van der Waals surface area contributed by atoms with Gasteiger partial charge in [0.2, 0.25) is 0 Å². The lowest BCUT2D eigenvalue weighted by Crippen LogP contribution is -2.54. The number of hydrogen-bond acceptors (Lipinski definition) is 1. The Morgan fingerprint density at radius 3 is 1.09 bits per heavy atom. The first-order valence-corrected chi connectivity index (χ1v) is 11.8. The van der Waals surface area contributed by atoms with Gasteiger partial charge in [0.1, 0.15) is 0 Å². The first-order chi connectivity index (χ1) is 4.81. The molecule has 0 bridgehead atoms. The van der Waals surface area contributed by atoms with Crippen LogP contribution in [0, 0.1) is 0 Å². The molecule has 0 aromatic heterocycles. The zero-order valence-electron chi connectivity index (χ0n) is 9.41.